The van der Waals surface area contributed by atoms with Gasteiger partial charge in [-0.3, -0.25) is 4.68 Å². The standard InChI is InChI=1S/C18H17N3O4/c1-12-15-10-14(11-19-16(15)21(2)20-12)18(23)25-9-8-24-17(22)13-6-4-3-5-7-13/h3-7,10-11H,8-9H2,1-2H3. The van der Waals surface area contributed by atoms with E-state index in [1.807, 2.05) is 13.0 Å². The Morgan fingerprint density at radius 1 is 1.04 bits per heavy atom. The number of pyridine rings is 1. The Balaban J connectivity index is 1.54. The average molecular weight is 339 g/mol. The number of hydrogen-bond acceptors (Lipinski definition) is 6. The molecule has 25 heavy (non-hydrogen) atoms. The SMILES string of the molecule is Cc1nn(C)c2ncc(C(=O)OCCOC(=O)c3ccccc3)cc12. The highest BCUT2D eigenvalue weighted by Crippen LogP contribution is 2.17. The molecule has 0 saturated heterocycles. The molecule has 0 aliphatic rings. The van der Waals surface area contributed by atoms with Gasteiger partial charge in [0.15, 0.2) is 5.65 Å². The van der Waals surface area contributed by atoms with Gasteiger partial charge in [-0.1, -0.05) is 18.2 Å². The predicted molar refractivity (Wildman–Crippen MR) is 90.3 cm³/mol. The Bertz CT molecular complexity index is 919. The quantitative estimate of drug-likeness (QED) is 0.524. The van der Waals surface area contributed by atoms with Crippen molar-refractivity contribution in [1.29, 1.82) is 0 Å². The zero-order chi connectivity index (χ0) is 17.8. The number of aryl methyl sites for hydroxylation is 2. The smallest absolute Gasteiger partial charge is 0.339 e. The van der Waals surface area contributed by atoms with Crippen molar-refractivity contribution in [3.63, 3.8) is 0 Å². The zero-order valence-electron chi connectivity index (χ0n) is 13.9. The van der Waals surface area contributed by atoms with Crippen LogP contribution in [0.2, 0.25) is 0 Å². The molecule has 2 heterocycles. The fourth-order valence-electron chi connectivity index (χ4n) is 2.43. The molecular formula is C18H17N3O4. The summed E-state index contributed by atoms with van der Waals surface area (Å²) in [6.07, 6.45) is 1.45. The maximum absolute atomic E-state index is 12.1. The van der Waals surface area contributed by atoms with Crippen LogP contribution < -0.4 is 0 Å². The highest BCUT2D eigenvalue weighted by Gasteiger charge is 2.13. The first-order valence-corrected chi connectivity index (χ1v) is 7.75. The molecule has 0 fully saturated rings. The van der Waals surface area contributed by atoms with E-state index in [1.165, 1.54) is 6.20 Å². The topological polar surface area (TPSA) is 83.3 Å². The van der Waals surface area contributed by atoms with E-state index in [-0.39, 0.29) is 13.2 Å². The van der Waals surface area contributed by atoms with Crippen LogP contribution in [0.4, 0.5) is 0 Å². The molecule has 7 heteroatoms. The van der Waals surface area contributed by atoms with Gasteiger partial charge in [0.05, 0.1) is 16.8 Å². The molecule has 0 amide bonds. The molecule has 0 spiro atoms. The van der Waals surface area contributed by atoms with Crippen molar-refractivity contribution < 1.29 is 19.1 Å². The highest BCUT2D eigenvalue weighted by atomic mass is 16.6. The minimum absolute atomic E-state index is 0.0128. The fourth-order valence-corrected chi connectivity index (χ4v) is 2.43. The highest BCUT2D eigenvalue weighted by molar-refractivity contribution is 5.93. The second kappa shape index (κ2) is 7.12. The van der Waals surface area contributed by atoms with Crippen molar-refractivity contribution >= 4 is 23.0 Å². The predicted octanol–water partition coefficient (Wildman–Crippen LogP) is 2.29. The summed E-state index contributed by atoms with van der Waals surface area (Å²) in [5.74, 6) is -0.973. The summed E-state index contributed by atoms with van der Waals surface area (Å²) in [5.41, 5.74) is 2.27. The van der Waals surface area contributed by atoms with Crippen molar-refractivity contribution in [2.24, 2.45) is 7.05 Å². The van der Waals surface area contributed by atoms with Crippen molar-refractivity contribution in [2.75, 3.05) is 13.2 Å². The number of carbonyl (C=O) groups is 2. The van der Waals surface area contributed by atoms with Gasteiger partial charge in [-0.2, -0.15) is 5.10 Å². The van der Waals surface area contributed by atoms with Crippen molar-refractivity contribution in [1.82, 2.24) is 14.8 Å². The molecule has 0 atom stereocenters. The Labute approximate surface area is 144 Å². The largest absolute Gasteiger partial charge is 0.458 e. The summed E-state index contributed by atoms with van der Waals surface area (Å²) in [6.45, 7) is 1.81. The summed E-state index contributed by atoms with van der Waals surface area (Å²) >= 11 is 0. The zero-order valence-corrected chi connectivity index (χ0v) is 13.9. The molecule has 0 unspecified atom stereocenters. The van der Waals surface area contributed by atoms with Gasteiger partial charge in [0.2, 0.25) is 0 Å². The third kappa shape index (κ3) is 3.65. The molecule has 0 N–H and O–H groups in total. The lowest BCUT2D eigenvalue weighted by Crippen LogP contribution is -2.14. The lowest BCUT2D eigenvalue weighted by molar-refractivity contribution is 0.0265. The molecule has 2 aromatic heterocycles. The number of hydrogen-bond donors (Lipinski definition) is 0. The molecule has 3 rings (SSSR count). The molecule has 0 aliphatic heterocycles. The van der Waals surface area contributed by atoms with Gasteiger partial charge >= 0.3 is 11.9 Å². The van der Waals surface area contributed by atoms with E-state index in [9.17, 15) is 9.59 Å². The van der Waals surface area contributed by atoms with E-state index < -0.39 is 11.9 Å². The lowest BCUT2D eigenvalue weighted by Gasteiger charge is -2.06. The first-order valence-electron chi connectivity index (χ1n) is 7.75. The molecule has 0 saturated carbocycles. The molecule has 7 nitrogen and oxygen atoms in total. The van der Waals surface area contributed by atoms with E-state index >= 15 is 0 Å². The summed E-state index contributed by atoms with van der Waals surface area (Å²) in [6, 6.07) is 10.3. The van der Waals surface area contributed by atoms with Crippen LogP contribution in [-0.2, 0) is 16.5 Å². The summed E-state index contributed by atoms with van der Waals surface area (Å²) < 4.78 is 11.8. The second-order valence-corrected chi connectivity index (χ2v) is 5.44. The maximum Gasteiger partial charge on any atom is 0.339 e. The van der Waals surface area contributed by atoms with Crippen LogP contribution >= 0.6 is 0 Å². The van der Waals surface area contributed by atoms with Gasteiger partial charge in [-0.05, 0) is 25.1 Å². The Kier molecular flexibility index (Phi) is 4.74. The van der Waals surface area contributed by atoms with Crippen LogP contribution in [0.3, 0.4) is 0 Å². The first kappa shape index (κ1) is 16.6. The van der Waals surface area contributed by atoms with Crippen LogP contribution in [0, 0.1) is 6.92 Å². The van der Waals surface area contributed by atoms with E-state index in [0.29, 0.717) is 16.8 Å². The summed E-state index contributed by atoms with van der Waals surface area (Å²) in [5, 5.41) is 5.06. The van der Waals surface area contributed by atoms with E-state index in [2.05, 4.69) is 10.1 Å². The van der Waals surface area contributed by atoms with Crippen LogP contribution in [0.15, 0.2) is 42.6 Å². The number of benzene rings is 1. The number of fused-ring (bicyclic) bond motifs is 1. The maximum atomic E-state index is 12.1. The minimum atomic E-state index is -0.520. The molecule has 0 radical (unpaired) electrons. The van der Waals surface area contributed by atoms with Crippen LogP contribution in [0.1, 0.15) is 26.4 Å². The first-order chi connectivity index (χ1) is 12.1. The van der Waals surface area contributed by atoms with Gasteiger partial charge in [0, 0.05) is 18.6 Å². The molecule has 0 aliphatic carbocycles. The third-order valence-electron chi connectivity index (χ3n) is 3.66. The molecular weight excluding hydrogens is 322 g/mol. The van der Waals surface area contributed by atoms with Crippen molar-refractivity contribution in [2.45, 2.75) is 6.92 Å². The van der Waals surface area contributed by atoms with Gasteiger partial charge in [0.25, 0.3) is 0 Å². The number of ether oxygens (including phenoxy) is 2. The Morgan fingerprint density at radius 3 is 2.36 bits per heavy atom. The normalized spacial score (nSPS) is 10.6. The van der Waals surface area contributed by atoms with Gasteiger partial charge in [-0.15, -0.1) is 0 Å². The molecule has 0 bridgehead atoms. The summed E-state index contributed by atoms with van der Waals surface area (Å²) in [7, 11) is 1.79. The number of esters is 2. The lowest BCUT2D eigenvalue weighted by atomic mass is 10.2. The van der Waals surface area contributed by atoms with Gasteiger partial charge in [0.1, 0.15) is 13.2 Å². The second-order valence-electron chi connectivity index (χ2n) is 5.44. The van der Waals surface area contributed by atoms with Gasteiger partial charge < -0.3 is 9.47 Å². The summed E-state index contributed by atoms with van der Waals surface area (Å²) in [4.78, 5) is 28.1. The number of aromatic nitrogens is 3. The molecule has 128 valence electrons. The number of nitrogens with zero attached hydrogens (tertiary/aromatic N) is 3. The minimum Gasteiger partial charge on any atom is -0.458 e. The van der Waals surface area contributed by atoms with Gasteiger partial charge in [-0.25, -0.2) is 14.6 Å². The van der Waals surface area contributed by atoms with E-state index in [0.717, 1.165) is 11.1 Å². The van der Waals surface area contributed by atoms with E-state index in [4.69, 9.17) is 9.47 Å². The Morgan fingerprint density at radius 2 is 1.68 bits per heavy atom. The van der Waals surface area contributed by atoms with Crippen molar-refractivity contribution in [3.8, 4) is 0 Å². The van der Waals surface area contributed by atoms with Crippen molar-refractivity contribution in [3.05, 3.63) is 59.4 Å². The van der Waals surface area contributed by atoms with Crippen LogP contribution in [0.5, 0.6) is 0 Å². The Hall–Kier alpha value is -3.22. The van der Waals surface area contributed by atoms with E-state index in [1.54, 1.807) is 42.1 Å². The van der Waals surface area contributed by atoms with Crippen LogP contribution in [-0.4, -0.2) is 39.9 Å². The number of carbonyl (C=O) groups excluding carboxylic acids is 2. The monoisotopic (exact) mass is 339 g/mol. The molecule has 1 aromatic carbocycles. The fraction of sp³-hybridized carbons (Fsp3) is 0.222. The van der Waals surface area contributed by atoms with Crippen LogP contribution in [0.25, 0.3) is 11.0 Å². The number of rotatable bonds is 5. The third-order valence-corrected chi connectivity index (χ3v) is 3.66. The average Bonchev–Trinajstić information content (AvgIpc) is 2.92. The molecule has 3 aromatic rings.